The number of ether oxygens (including phenoxy) is 2. The molecule has 1 fully saturated rings. The minimum absolute atomic E-state index is 0.0524. The van der Waals surface area contributed by atoms with Gasteiger partial charge in [0.2, 0.25) is 6.79 Å². The van der Waals surface area contributed by atoms with Gasteiger partial charge in [0.25, 0.3) is 5.91 Å². The number of carbonyl (C=O) groups excluding carboxylic acids is 1. The van der Waals surface area contributed by atoms with E-state index in [1.807, 2.05) is 0 Å². The van der Waals surface area contributed by atoms with E-state index in [1.165, 1.54) is 0 Å². The average Bonchev–Trinajstić information content (AvgIpc) is 2.94. The van der Waals surface area contributed by atoms with E-state index < -0.39 is 5.54 Å². The van der Waals surface area contributed by atoms with E-state index in [0.29, 0.717) is 22.7 Å². The third-order valence-corrected chi connectivity index (χ3v) is 4.28. The molecule has 0 spiro atoms. The quantitative estimate of drug-likeness (QED) is 0.733. The molecule has 0 unspecified atom stereocenters. The van der Waals surface area contributed by atoms with E-state index >= 15 is 0 Å². The molecule has 1 aliphatic heterocycles. The van der Waals surface area contributed by atoms with Gasteiger partial charge in [0.05, 0.1) is 17.7 Å². The number of nitrogens with two attached hydrogens (primary N) is 1. The summed E-state index contributed by atoms with van der Waals surface area (Å²) in [6, 6.07) is 3.20. The number of hydrogen-bond donors (Lipinski definition) is 3. The number of fused-ring (bicyclic) bond motifs is 1. The maximum atomic E-state index is 12.5. The Bertz CT molecular complexity index is 553. The van der Waals surface area contributed by atoms with Crippen LogP contribution in [0.1, 0.15) is 42.5 Å². The zero-order valence-electron chi connectivity index (χ0n) is 11.9. The Balaban J connectivity index is 1.82. The highest BCUT2D eigenvalue weighted by Gasteiger charge is 2.34. The molecule has 0 aromatic heterocycles. The van der Waals surface area contributed by atoms with Gasteiger partial charge >= 0.3 is 0 Å². The fraction of sp³-hybridized carbons (Fsp3) is 0.533. The number of aliphatic hydroxyl groups is 1. The van der Waals surface area contributed by atoms with Crippen LogP contribution >= 0.6 is 0 Å². The molecular formula is C15H20N2O4. The van der Waals surface area contributed by atoms with Gasteiger partial charge in [0.1, 0.15) is 0 Å². The van der Waals surface area contributed by atoms with Crippen molar-refractivity contribution in [3.8, 4) is 11.5 Å². The fourth-order valence-electron chi connectivity index (χ4n) is 3.01. The lowest BCUT2D eigenvalue weighted by Crippen LogP contribution is -2.52. The number of aliphatic hydroxyl groups excluding tert-OH is 1. The SMILES string of the molecule is Nc1cc2c(cc1C(=O)NC1(CO)CCCCC1)OCO2. The van der Waals surface area contributed by atoms with Crippen LogP contribution in [0.5, 0.6) is 11.5 Å². The predicted molar refractivity (Wildman–Crippen MR) is 77.3 cm³/mol. The summed E-state index contributed by atoms with van der Waals surface area (Å²) >= 11 is 0. The average molecular weight is 292 g/mol. The van der Waals surface area contributed by atoms with Gasteiger partial charge < -0.3 is 25.6 Å². The van der Waals surface area contributed by atoms with Gasteiger partial charge in [-0.2, -0.15) is 0 Å². The van der Waals surface area contributed by atoms with Gasteiger partial charge in [0, 0.05) is 11.8 Å². The Morgan fingerprint density at radius 3 is 2.57 bits per heavy atom. The second-order valence-electron chi connectivity index (χ2n) is 5.75. The zero-order valence-corrected chi connectivity index (χ0v) is 11.9. The summed E-state index contributed by atoms with van der Waals surface area (Å²) < 4.78 is 10.5. The van der Waals surface area contributed by atoms with Crippen molar-refractivity contribution in [2.45, 2.75) is 37.6 Å². The highest BCUT2D eigenvalue weighted by atomic mass is 16.7. The van der Waals surface area contributed by atoms with Gasteiger partial charge in [0.15, 0.2) is 11.5 Å². The van der Waals surface area contributed by atoms with Crippen LogP contribution in [-0.2, 0) is 0 Å². The molecule has 0 saturated heterocycles. The number of amides is 1. The topological polar surface area (TPSA) is 93.8 Å². The lowest BCUT2D eigenvalue weighted by Gasteiger charge is -2.36. The Morgan fingerprint density at radius 1 is 1.24 bits per heavy atom. The van der Waals surface area contributed by atoms with E-state index in [9.17, 15) is 9.90 Å². The number of nitrogens with one attached hydrogen (secondary N) is 1. The molecule has 1 amide bonds. The fourth-order valence-corrected chi connectivity index (χ4v) is 3.01. The molecule has 1 aromatic rings. The molecule has 4 N–H and O–H groups in total. The van der Waals surface area contributed by atoms with Crippen molar-refractivity contribution in [3.05, 3.63) is 17.7 Å². The molecule has 1 saturated carbocycles. The zero-order chi connectivity index (χ0) is 14.9. The second-order valence-corrected chi connectivity index (χ2v) is 5.75. The van der Waals surface area contributed by atoms with E-state index in [4.69, 9.17) is 15.2 Å². The molecule has 21 heavy (non-hydrogen) atoms. The van der Waals surface area contributed by atoms with E-state index in [1.54, 1.807) is 12.1 Å². The van der Waals surface area contributed by atoms with E-state index in [0.717, 1.165) is 32.1 Å². The lowest BCUT2D eigenvalue weighted by atomic mass is 9.82. The van der Waals surface area contributed by atoms with Crippen molar-refractivity contribution in [2.75, 3.05) is 19.1 Å². The minimum Gasteiger partial charge on any atom is -0.454 e. The molecular weight excluding hydrogens is 272 g/mol. The van der Waals surface area contributed by atoms with Gasteiger partial charge in [-0.15, -0.1) is 0 Å². The van der Waals surface area contributed by atoms with Gasteiger partial charge in [-0.05, 0) is 18.9 Å². The van der Waals surface area contributed by atoms with Crippen molar-refractivity contribution >= 4 is 11.6 Å². The van der Waals surface area contributed by atoms with Crippen LogP contribution in [0.4, 0.5) is 5.69 Å². The van der Waals surface area contributed by atoms with Crippen molar-refractivity contribution in [1.29, 1.82) is 0 Å². The molecule has 0 radical (unpaired) electrons. The van der Waals surface area contributed by atoms with Crippen LogP contribution in [-0.4, -0.2) is 30.0 Å². The molecule has 6 heteroatoms. The molecule has 3 rings (SSSR count). The summed E-state index contributed by atoms with van der Waals surface area (Å²) in [5.74, 6) is 0.802. The number of anilines is 1. The lowest BCUT2D eigenvalue weighted by molar-refractivity contribution is 0.0759. The summed E-state index contributed by atoms with van der Waals surface area (Å²) in [4.78, 5) is 12.5. The van der Waals surface area contributed by atoms with Crippen LogP contribution in [0.2, 0.25) is 0 Å². The summed E-state index contributed by atoms with van der Waals surface area (Å²) in [7, 11) is 0. The number of rotatable bonds is 3. The van der Waals surface area contributed by atoms with Crippen LogP contribution in [0.25, 0.3) is 0 Å². The predicted octanol–water partition coefficient (Wildman–Crippen LogP) is 1.42. The summed E-state index contributed by atoms with van der Waals surface area (Å²) in [5, 5.41) is 12.6. The minimum atomic E-state index is -0.530. The summed E-state index contributed by atoms with van der Waals surface area (Å²) in [6.07, 6.45) is 4.75. The first kappa shape index (κ1) is 14.0. The summed E-state index contributed by atoms with van der Waals surface area (Å²) in [6.45, 7) is 0.0869. The number of carbonyl (C=O) groups is 1. The summed E-state index contributed by atoms with van der Waals surface area (Å²) in [5.41, 5.74) is 6.10. The normalized spacial score (nSPS) is 19.3. The molecule has 114 valence electrons. The first-order valence-electron chi connectivity index (χ1n) is 7.26. The molecule has 6 nitrogen and oxygen atoms in total. The third kappa shape index (κ3) is 2.63. The van der Waals surface area contributed by atoms with Gasteiger partial charge in [-0.25, -0.2) is 0 Å². The number of hydrogen-bond acceptors (Lipinski definition) is 5. The number of nitrogen functional groups attached to an aromatic ring is 1. The largest absolute Gasteiger partial charge is 0.454 e. The molecule has 2 aliphatic rings. The molecule has 0 bridgehead atoms. The Hall–Kier alpha value is -1.95. The van der Waals surface area contributed by atoms with E-state index in [2.05, 4.69) is 5.32 Å². The smallest absolute Gasteiger partial charge is 0.254 e. The standard InChI is InChI=1S/C15H20N2O4/c16-11-7-13-12(20-9-21-13)6-10(11)14(19)17-15(8-18)4-2-1-3-5-15/h6-7,18H,1-5,8-9,16H2,(H,17,19). The van der Waals surface area contributed by atoms with Gasteiger partial charge in [-0.1, -0.05) is 19.3 Å². The number of benzene rings is 1. The van der Waals surface area contributed by atoms with Crippen LogP contribution in [0.15, 0.2) is 12.1 Å². The van der Waals surface area contributed by atoms with Crippen LogP contribution < -0.4 is 20.5 Å². The Labute approximate surface area is 123 Å². The highest BCUT2D eigenvalue weighted by molar-refractivity contribution is 6.00. The van der Waals surface area contributed by atoms with Crippen molar-refractivity contribution in [1.82, 2.24) is 5.32 Å². The van der Waals surface area contributed by atoms with Crippen molar-refractivity contribution in [3.63, 3.8) is 0 Å². The van der Waals surface area contributed by atoms with Crippen LogP contribution in [0, 0.1) is 0 Å². The van der Waals surface area contributed by atoms with E-state index in [-0.39, 0.29) is 19.3 Å². The highest BCUT2D eigenvalue weighted by Crippen LogP contribution is 2.36. The molecule has 1 heterocycles. The van der Waals surface area contributed by atoms with Crippen molar-refractivity contribution < 1.29 is 19.4 Å². The second kappa shape index (κ2) is 5.44. The Morgan fingerprint density at radius 2 is 1.90 bits per heavy atom. The van der Waals surface area contributed by atoms with Crippen molar-refractivity contribution in [2.24, 2.45) is 0 Å². The Kier molecular flexibility index (Phi) is 3.63. The molecule has 0 atom stereocenters. The van der Waals surface area contributed by atoms with Gasteiger partial charge in [-0.3, -0.25) is 4.79 Å². The first-order valence-corrected chi connectivity index (χ1v) is 7.26. The van der Waals surface area contributed by atoms with Crippen LogP contribution in [0.3, 0.4) is 0 Å². The molecule has 1 aliphatic carbocycles. The maximum absolute atomic E-state index is 12.5. The maximum Gasteiger partial charge on any atom is 0.254 e. The first-order chi connectivity index (χ1) is 10.1. The monoisotopic (exact) mass is 292 g/mol. The third-order valence-electron chi connectivity index (χ3n) is 4.28. The molecule has 1 aromatic carbocycles.